The Morgan fingerprint density at radius 1 is 1.24 bits per heavy atom. The number of hydrogen-bond acceptors (Lipinski definition) is 9. The van der Waals surface area contributed by atoms with E-state index in [4.69, 9.17) is 20.6 Å². The zero-order chi connectivity index (χ0) is 26.5. The minimum absolute atomic E-state index is 0.106. The number of methoxy groups -OCH3 is 1. The second-order valence-electron chi connectivity index (χ2n) is 7.82. The summed E-state index contributed by atoms with van der Waals surface area (Å²) in [5.74, 6) is 0.219. The maximum Gasteiger partial charge on any atom is 0.350 e. The molecule has 0 spiro atoms. The van der Waals surface area contributed by atoms with Crippen LogP contribution in [0.25, 0.3) is 12.0 Å². The summed E-state index contributed by atoms with van der Waals surface area (Å²) in [5, 5.41) is 15.5. The largest absolute Gasteiger partial charge is 0.497 e. The lowest BCUT2D eigenvalue weighted by molar-refractivity contribution is -0.131. The Hall–Kier alpha value is -5.26. The molecule has 2 aromatic carbocycles. The number of benzene rings is 2. The summed E-state index contributed by atoms with van der Waals surface area (Å²) in [6.07, 6.45) is 4.68. The first kappa shape index (κ1) is 24.9. The normalized spacial score (nSPS) is 11.4. The Labute approximate surface area is 211 Å². The average Bonchev–Trinajstić information content (AvgIpc) is 3.28. The van der Waals surface area contributed by atoms with Gasteiger partial charge < -0.3 is 20.5 Å². The Morgan fingerprint density at radius 2 is 2.00 bits per heavy atom. The molecule has 0 aliphatic heterocycles. The summed E-state index contributed by atoms with van der Waals surface area (Å²) < 4.78 is 11.8. The lowest BCUT2D eigenvalue weighted by Gasteiger charge is -2.20. The molecular formula is C25H24N8O4. The number of nitrogen functional groups attached to an aromatic ring is 1. The molecule has 0 saturated carbocycles. The minimum Gasteiger partial charge on any atom is -0.497 e. The van der Waals surface area contributed by atoms with E-state index in [9.17, 15) is 9.59 Å². The predicted molar refractivity (Wildman–Crippen MR) is 137 cm³/mol. The van der Waals surface area contributed by atoms with Gasteiger partial charge in [-0.15, -0.1) is 9.78 Å². The second-order valence-corrected chi connectivity index (χ2v) is 7.82. The van der Waals surface area contributed by atoms with Gasteiger partial charge in [-0.2, -0.15) is 0 Å². The number of aromatic amines is 1. The van der Waals surface area contributed by atoms with E-state index in [-0.39, 0.29) is 28.9 Å². The molecule has 188 valence electrons. The number of carbonyl (C=O) groups is 1. The molecule has 1 unspecified atom stereocenters. The molecule has 2 heterocycles. The number of esters is 1. The van der Waals surface area contributed by atoms with Crippen LogP contribution in [0.15, 0.2) is 66.2 Å². The summed E-state index contributed by atoms with van der Waals surface area (Å²) >= 11 is 0. The van der Waals surface area contributed by atoms with Crippen LogP contribution in [0, 0.1) is 5.41 Å². The van der Waals surface area contributed by atoms with Crippen LogP contribution in [-0.2, 0) is 4.79 Å². The monoisotopic (exact) mass is 500 g/mol. The topological polar surface area (TPSA) is 174 Å². The first-order valence-electron chi connectivity index (χ1n) is 11.0. The number of anilines is 1. The van der Waals surface area contributed by atoms with Gasteiger partial charge in [0.2, 0.25) is 0 Å². The number of hydrogen-bond donors (Lipinski definition) is 4. The van der Waals surface area contributed by atoms with Crippen LogP contribution < -0.4 is 26.2 Å². The molecule has 1 atom stereocenters. The molecular weight excluding hydrogens is 476 g/mol. The smallest absolute Gasteiger partial charge is 0.350 e. The number of nitrogens with zero attached hydrogens (tertiary/aromatic N) is 4. The summed E-state index contributed by atoms with van der Waals surface area (Å²) in [6, 6.07) is 11.1. The van der Waals surface area contributed by atoms with Gasteiger partial charge in [0.05, 0.1) is 12.7 Å². The van der Waals surface area contributed by atoms with Crippen LogP contribution >= 0.6 is 0 Å². The maximum absolute atomic E-state index is 12.8. The summed E-state index contributed by atoms with van der Waals surface area (Å²) in [5.41, 5.74) is 7.34. The third-order valence-electron chi connectivity index (χ3n) is 5.24. The highest BCUT2D eigenvalue weighted by atomic mass is 16.5. The van der Waals surface area contributed by atoms with Crippen molar-refractivity contribution in [3.63, 3.8) is 0 Å². The molecule has 0 fully saturated rings. The number of carbonyl (C=O) groups excluding carboxylic acids is 1. The van der Waals surface area contributed by atoms with Gasteiger partial charge >= 0.3 is 11.7 Å². The number of rotatable bonds is 9. The minimum atomic E-state index is -0.709. The molecule has 0 radical (unpaired) electrons. The Balaban J connectivity index is 1.84. The van der Waals surface area contributed by atoms with Crippen molar-refractivity contribution in [3.8, 4) is 17.4 Å². The number of H-pyrrole nitrogens is 1. The summed E-state index contributed by atoms with van der Waals surface area (Å²) in [7, 11) is 1.55. The van der Waals surface area contributed by atoms with Crippen molar-refractivity contribution in [2.75, 3.05) is 12.4 Å². The van der Waals surface area contributed by atoms with Gasteiger partial charge in [0.25, 0.3) is 5.95 Å². The van der Waals surface area contributed by atoms with E-state index in [2.05, 4.69) is 31.9 Å². The highest BCUT2D eigenvalue weighted by Gasteiger charge is 2.23. The Kier molecular flexibility index (Phi) is 7.09. The van der Waals surface area contributed by atoms with Gasteiger partial charge in [0.1, 0.15) is 23.4 Å². The second kappa shape index (κ2) is 10.6. The molecule has 0 aliphatic rings. The van der Waals surface area contributed by atoms with Gasteiger partial charge in [-0.05, 0) is 47.5 Å². The fourth-order valence-electron chi connectivity index (χ4n) is 3.61. The highest BCUT2D eigenvalue weighted by molar-refractivity contribution is 5.98. The molecule has 0 bridgehead atoms. The maximum atomic E-state index is 12.8. The van der Waals surface area contributed by atoms with Gasteiger partial charge in [-0.3, -0.25) is 15.2 Å². The Morgan fingerprint density at radius 3 is 2.65 bits per heavy atom. The van der Waals surface area contributed by atoms with Gasteiger partial charge in [-0.25, -0.2) is 14.8 Å². The number of nitrogens with one attached hydrogen (secondary N) is 3. The number of ether oxygens (including phenoxy) is 2. The molecule has 12 nitrogen and oxygen atoms in total. The van der Waals surface area contributed by atoms with Crippen molar-refractivity contribution in [1.82, 2.24) is 24.7 Å². The number of nitrogens with two attached hydrogens (primary N) is 1. The third kappa shape index (κ3) is 5.53. The molecule has 12 heteroatoms. The fraction of sp³-hybridized carbons (Fsp3) is 0.120. The van der Waals surface area contributed by atoms with Crippen molar-refractivity contribution in [2.45, 2.75) is 13.0 Å². The van der Waals surface area contributed by atoms with Crippen molar-refractivity contribution >= 4 is 23.6 Å². The van der Waals surface area contributed by atoms with Gasteiger partial charge in [0.15, 0.2) is 5.82 Å². The zero-order valence-electron chi connectivity index (χ0n) is 20.1. The molecule has 0 amide bonds. The van der Waals surface area contributed by atoms with E-state index in [0.717, 1.165) is 10.2 Å². The van der Waals surface area contributed by atoms with Crippen LogP contribution in [0.3, 0.4) is 0 Å². The average molecular weight is 501 g/mol. The molecule has 5 N–H and O–H groups in total. The molecule has 4 aromatic rings. The number of amidine groups is 1. The van der Waals surface area contributed by atoms with E-state index >= 15 is 0 Å². The van der Waals surface area contributed by atoms with Crippen LogP contribution in [-0.4, -0.2) is 43.6 Å². The third-order valence-corrected chi connectivity index (χ3v) is 5.24. The standard InChI is InChI=1S/C25H24N8O4/c1-4-15-10-16(12-18(11-15)36-3)21(23-31-25(35)33(32-23)24-28-8-5-9-29-24)30-17-6-7-19(22(26)27)20(13-17)37-14(2)34/h4-13,21,30H,1H2,2-3H3,(H3,26,27)(H,31,32,35). The quantitative estimate of drug-likeness (QED) is 0.116. The van der Waals surface area contributed by atoms with E-state index < -0.39 is 17.7 Å². The van der Waals surface area contributed by atoms with Crippen LogP contribution in [0.5, 0.6) is 11.5 Å². The van der Waals surface area contributed by atoms with Crippen molar-refractivity contribution < 1.29 is 14.3 Å². The van der Waals surface area contributed by atoms with E-state index in [1.807, 2.05) is 12.1 Å². The van der Waals surface area contributed by atoms with Crippen LogP contribution in [0.4, 0.5) is 5.69 Å². The predicted octanol–water partition coefficient (Wildman–Crippen LogP) is 2.41. The fourth-order valence-corrected chi connectivity index (χ4v) is 3.61. The van der Waals surface area contributed by atoms with E-state index in [0.29, 0.717) is 17.0 Å². The Bertz CT molecular complexity index is 1530. The van der Waals surface area contributed by atoms with E-state index in [1.165, 1.54) is 25.4 Å². The summed E-state index contributed by atoms with van der Waals surface area (Å²) in [4.78, 5) is 35.4. The van der Waals surface area contributed by atoms with Crippen molar-refractivity contribution in [2.24, 2.45) is 5.73 Å². The molecule has 4 rings (SSSR count). The SMILES string of the molecule is C=Cc1cc(OC)cc(C(Nc2ccc(C(=N)N)c(OC(C)=O)c2)c2nn(-c3ncccn3)c(=O)[nH]2)c1. The molecule has 37 heavy (non-hydrogen) atoms. The lowest BCUT2D eigenvalue weighted by Crippen LogP contribution is -2.18. The van der Waals surface area contributed by atoms with Crippen molar-refractivity contribution in [1.29, 1.82) is 5.41 Å². The van der Waals surface area contributed by atoms with E-state index in [1.54, 1.807) is 37.5 Å². The van der Waals surface area contributed by atoms with Gasteiger partial charge in [-0.1, -0.05) is 12.7 Å². The van der Waals surface area contributed by atoms with Crippen LogP contribution in [0.2, 0.25) is 0 Å². The van der Waals surface area contributed by atoms with Gasteiger partial charge in [0, 0.05) is 31.1 Å². The first-order chi connectivity index (χ1) is 17.8. The summed E-state index contributed by atoms with van der Waals surface area (Å²) in [6.45, 7) is 5.09. The number of aromatic nitrogens is 5. The zero-order valence-corrected chi connectivity index (χ0v) is 20.1. The van der Waals surface area contributed by atoms with Crippen molar-refractivity contribution in [3.05, 3.63) is 94.4 Å². The lowest BCUT2D eigenvalue weighted by atomic mass is 10.0. The highest BCUT2D eigenvalue weighted by Crippen LogP contribution is 2.31. The molecule has 2 aromatic heterocycles. The first-order valence-corrected chi connectivity index (χ1v) is 11.0. The molecule has 0 saturated heterocycles. The molecule has 0 aliphatic carbocycles. The van der Waals surface area contributed by atoms with Crippen LogP contribution in [0.1, 0.15) is 35.5 Å².